The third-order valence-electron chi connectivity index (χ3n) is 16.4. The van der Waals surface area contributed by atoms with E-state index >= 15 is 0 Å². The number of carbonyl (C=O) groups excluding carboxylic acids is 3. The highest BCUT2D eigenvalue weighted by Crippen LogP contribution is 2.31. The van der Waals surface area contributed by atoms with Crippen LogP contribution in [-0.4, -0.2) is 169 Å². The molecule has 402 valence electrons. The van der Waals surface area contributed by atoms with Crippen LogP contribution in [0.4, 0.5) is 21.5 Å². The molecule has 2 aliphatic carbocycles. The van der Waals surface area contributed by atoms with Crippen LogP contribution in [0.15, 0.2) is 110 Å². The van der Waals surface area contributed by atoms with Crippen molar-refractivity contribution in [2.75, 3.05) is 95.7 Å². The Morgan fingerprint density at radius 3 is 1.23 bits per heavy atom. The van der Waals surface area contributed by atoms with Crippen LogP contribution >= 0.6 is 0 Å². The summed E-state index contributed by atoms with van der Waals surface area (Å²) in [6.07, 6.45) is 25.8. The third-order valence-corrected chi connectivity index (χ3v) is 16.4. The molecule has 6 aliphatic rings. The highest BCUT2D eigenvalue weighted by molar-refractivity contribution is 5.95. The molecule has 0 radical (unpaired) electrons. The van der Waals surface area contributed by atoms with E-state index in [0.717, 1.165) is 93.5 Å². The number of hydrogen-bond donors (Lipinski definition) is 3. The van der Waals surface area contributed by atoms with Gasteiger partial charge in [-0.25, -0.2) is 4.39 Å². The first-order chi connectivity index (χ1) is 37.6. The highest BCUT2D eigenvalue weighted by atomic mass is 19.1. The summed E-state index contributed by atoms with van der Waals surface area (Å²) in [6, 6.07) is 19.5. The molecule has 9 heterocycles. The lowest BCUT2D eigenvalue weighted by Crippen LogP contribution is -2.53. The normalized spacial score (nSPS) is 18.8. The molecule has 18 heteroatoms. The monoisotopic (exact) mass is 1040 g/mol. The fourth-order valence-electron chi connectivity index (χ4n) is 11.3. The van der Waals surface area contributed by atoms with Crippen molar-refractivity contribution in [3.63, 3.8) is 0 Å². The number of carbonyl (C=O) groups is 3. The topological polar surface area (TPSA) is 213 Å². The second-order valence-corrected chi connectivity index (χ2v) is 21.0. The number of piperazine rings is 2. The number of benzene rings is 1. The molecule has 4 saturated heterocycles. The number of halogens is 1. The van der Waals surface area contributed by atoms with Gasteiger partial charge in [0.2, 0.25) is 0 Å². The number of nitrogens with two attached hydrogens (primary N) is 3. The van der Waals surface area contributed by atoms with Gasteiger partial charge < -0.3 is 36.8 Å². The van der Waals surface area contributed by atoms with Crippen molar-refractivity contribution in [3.8, 4) is 33.4 Å². The van der Waals surface area contributed by atoms with Crippen LogP contribution in [-0.2, 0) is 0 Å². The third kappa shape index (κ3) is 12.6. The van der Waals surface area contributed by atoms with E-state index in [1.54, 1.807) is 73.7 Å². The Labute approximate surface area is 450 Å². The summed E-state index contributed by atoms with van der Waals surface area (Å²) < 4.78 is 14.6. The number of rotatable bonds is 9. The van der Waals surface area contributed by atoms with Crippen molar-refractivity contribution in [2.45, 2.75) is 82.3 Å². The van der Waals surface area contributed by atoms with Gasteiger partial charge in [-0.1, -0.05) is 31.0 Å². The molecule has 0 unspecified atom stereocenters. The van der Waals surface area contributed by atoms with Gasteiger partial charge in [-0.3, -0.25) is 49.1 Å². The number of anilines is 3. The molecule has 1 aromatic carbocycles. The number of likely N-dealkylation sites (tertiary alicyclic amines) is 2. The summed E-state index contributed by atoms with van der Waals surface area (Å²) in [4.78, 5) is 72.1. The quantitative estimate of drug-likeness (QED) is 0.130. The molecular formula is C59H71FN14O3. The van der Waals surface area contributed by atoms with Gasteiger partial charge >= 0.3 is 0 Å². The van der Waals surface area contributed by atoms with E-state index in [-0.39, 0.29) is 17.7 Å². The predicted octanol–water partition coefficient (Wildman–Crippen LogP) is 7.24. The Balaban J connectivity index is 0.000000131. The summed E-state index contributed by atoms with van der Waals surface area (Å²) in [6.45, 7) is 10.8. The Morgan fingerprint density at radius 1 is 0.416 bits per heavy atom. The SMILES string of the molecule is Nc1cnccc1-c1ccc(C(=O)N2CCC(N3CCCC3)CC2)nc1.Nc1cnccc1-c1ccc(C(=O)N2CCN(C3CCC3)CC2)cc1F.Nc1cnccc1-c1ccc(C(=O)N2CCN(C3CCC3)CC2)nc1. The molecule has 4 aliphatic heterocycles. The van der Waals surface area contributed by atoms with E-state index in [0.29, 0.717) is 70.3 Å². The lowest BCUT2D eigenvalue weighted by atomic mass is 9.91. The molecule has 6 N–H and O–H groups in total. The minimum atomic E-state index is -0.443. The maximum Gasteiger partial charge on any atom is 0.272 e. The van der Waals surface area contributed by atoms with Crippen LogP contribution in [0, 0.1) is 5.82 Å². The zero-order valence-electron chi connectivity index (χ0n) is 43.9. The molecule has 5 aromatic heterocycles. The number of hydrogen-bond acceptors (Lipinski definition) is 14. The highest BCUT2D eigenvalue weighted by Gasteiger charge is 2.32. The van der Waals surface area contributed by atoms with Crippen molar-refractivity contribution in [1.82, 2.24) is 54.3 Å². The molecule has 3 amide bonds. The van der Waals surface area contributed by atoms with Gasteiger partial charge in [-0.2, -0.15) is 0 Å². The van der Waals surface area contributed by atoms with E-state index < -0.39 is 5.82 Å². The van der Waals surface area contributed by atoms with E-state index in [1.165, 1.54) is 76.7 Å². The molecule has 0 spiro atoms. The summed E-state index contributed by atoms with van der Waals surface area (Å²) in [5, 5.41) is 0. The van der Waals surface area contributed by atoms with Gasteiger partial charge in [-0.15, -0.1) is 0 Å². The summed E-state index contributed by atoms with van der Waals surface area (Å²) in [5.74, 6) is -0.505. The van der Waals surface area contributed by atoms with Crippen LogP contribution in [0.5, 0.6) is 0 Å². The van der Waals surface area contributed by atoms with Gasteiger partial charge in [0, 0.05) is 154 Å². The van der Waals surface area contributed by atoms with Crippen molar-refractivity contribution in [3.05, 3.63) is 133 Å². The van der Waals surface area contributed by atoms with Gasteiger partial charge in [0.15, 0.2) is 0 Å². The fraction of sp³-hybridized carbons (Fsp3) is 0.424. The first kappa shape index (κ1) is 53.0. The van der Waals surface area contributed by atoms with Crippen LogP contribution in [0.1, 0.15) is 95.5 Å². The number of pyridine rings is 5. The van der Waals surface area contributed by atoms with Crippen molar-refractivity contribution >= 4 is 34.8 Å². The van der Waals surface area contributed by atoms with E-state index in [2.05, 4.69) is 39.6 Å². The summed E-state index contributed by atoms with van der Waals surface area (Å²) in [7, 11) is 0. The molecule has 0 atom stereocenters. The molecule has 6 aromatic rings. The van der Waals surface area contributed by atoms with E-state index in [9.17, 15) is 18.8 Å². The maximum atomic E-state index is 14.6. The average molecular weight is 1040 g/mol. The van der Waals surface area contributed by atoms with Crippen molar-refractivity contribution in [2.24, 2.45) is 0 Å². The van der Waals surface area contributed by atoms with Crippen LogP contribution in [0.2, 0.25) is 0 Å². The summed E-state index contributed by atoms with van der Waals surface area (Å²) >= 11 is 0. The van der Waals surface area contributed by atoms with Gasteiger partial charge in [0.1, 0.15) is 17.2 Å². The number of nitrogens with zero attached hydrogens (tertiary/aromatic N) is 11. The van der Waals surface area contributed by atoms with Gasteiger partial charge in [-0.05, 0) is 107 Å². The van der Waals surface area contributed by atoms with Crippen molar-refractivity contribution < 1.29 is 18.8 Å². The first-order valence-electron chi connectivity index (χ1n) is 27.5. The van der Waals surface area contributed by atoms with E-state index in [1.807, 2.05) is 39.0 Å². The second kappa shape index (κ2) is 24.7. The Hall–Kier alpha value is -7.41. The Morgan fingerprint density at radius 2 is 0.831 bits per heavy atom. The minimum Gasteiger partial charge on any atom is -0.397 e. The zero-order valence-corrected chi connectivity index (χ0v) is 43.9. The van der Waals surface area contributed by atoms with Crippen LogP contribution < -0.4 is 17.2 Å². The first-order valence-corrected chi connectivity index (χ1v) is 27.5. The minimum absolute atomic E-state index is 0.0162. The number of aromatic nitrogens is 5. The van der Waals surface area contributed by atoms with Crippen molar-refractivity contribution in [1.29, 1.82) is 0 Å². The smallest absolute Gasteiger partial charge is 0.272 e. The molecule has 17 nitrogen and oxygen atoms in total. The number of amides is 3. The molecule has 12 rings (SSSR count). The second-order valence-electron chi connectivity index (χ2n) is 21.0. The molecule has 2 saturated carbocycles. The van der Waals surface area contributed by atoms with Gasteiger partial charge in [0.25, 0.3) is 17.7 Å². The summed E-state index contributed by atoms with van der Waals surface area (Å²) in [5.41, 5.74) is 25.3. The largest absolute Gasteiger partial charge is 0.397 e. The predicted molar refractivity (Wildman–Crippen MR) is 298 cm³/mol. The number of nitrogen functional groups attached to an aromatic ring is 3. The molecule has 0 bridgehead atoms. The van der Waals surface area contributed by atoms with Crippen LogP contribution in [0.3, 0.4) is 0 Å². The lowest BCUT2D eigenvalue weighted by Gasteiger charge is -2.42. The molecule has 6 fully saturated rings. The van der Waals surface area contributed by atoms with Crippen LogP contribution in [0.25, 0.3) is 33.4 Å². The standard InChI is InChI=1S/C20H23FN4O.C20H25N5O.C19H23N5O/c21-18-12-14(4-5-16(18)17-6-7-23-13-19(17)22)20(26)25-10-8-24(9-11-25)15-2-1-3-15;21-18-14-22-8-5-17(18)15-3-4-19(23-13-15)20(26)25-11-6-16(7-12-25)24-9-1-2-10-24;20-17-13-21-7-6-16(17)14-4-5-18(22-12-14)19(25)24-10-8-23(9-11-24)15-2-1-3-15/h4-7,12-13,15H,1-3,8-11,22H2;3-5,8,13-14,16H,1-2,6-7,9-12,21H2;4-7,12-13,15H,1-3,8-11,20H2. The number of piperidine rings is 1. The maximum absolute atomic E-state index is 14.6. The molecule has 77 heavy (non-hydrogen) atoms. The van der Waals surface area contributed by atoms with Gasteiger partial charge in [0.05, 0.1) is 35.7 Å². The lowest BCUT2D eigenvalue weighted by molar-refractivity contribution is 0.0449. The Kier molecular flexibility index (Phi) is 17.0. The Bertz CT molecular complexity index is 2960. The zero-order chi connectivity index (χ0) is 53.3. The average Bonchev–Trinajstić information content (AvgIpc) is 3.99. The molecular weight excluding hydrogens is 972 g/mol. The van der Waals surface area contributed by atoms with E-state index in [4.69, 9.17) is 17.2 Å². The fourth-order valence-corrected chi connectivity index (χ4v) is 11.3.